The highest BCUT2D eigenvalue weighted by molar-refractivity contribution is 7.26. The average Bonchev–Trinajstić information content (AvgIpc) is 3.91. The standard InChI is InChI=1S/C49H29N5S/c1-3-15-31(16-4-1)47-50-48(32-17-5-2-6-18-32)52-49(51-47)54-38-23-11-9-21-34(38)35-26-28-42-45(46(35)54)44-41(55-42)29-27-40-43(44)36-22-10-12-24-39(36)53(40)37-25-13-19-30-14-7-8-20-33(30)37/h1-29H. The van der Waals surface area contributed by atoms with Gasteiger partial charge >= 0.3 is 0 Å². The Morgan fingerprint density at radius 2 is 0.945 bits per heavy atom. The summed E-state index contributed by atoms with van der Waals surface area (Å²) in [5, 5.41) is 9.72. The van der Waals surface area contributed by atoms with Gasteiger partial charge in [0.15, 0.2) is 11.6 Å². The molecule has 0 aliphatic rings. The Morgan fingerprint density at radius 1 is 0.364 bits per heavy atom. The van der Waals surface area contributed by atoms with E-state index in [1.807, 2.05) is 47.7 Å². The van der Waals surface area contributed by atoms with E-state index in [1.165, 1.54) is 63.8 Å². The van der Waals surface area contributed by atoms with Gasteiger partial charge in [-0.3, -0.25) is 4.57 Å². The van der Waals surface area contributed by atoms with Crippen LogP contribution in [0.2, 0.25) is 0 Å². The van der Waals surface area contributed by atoms with Crippen LogP contribution in [0.15, 0.2) is 176 Å². The highest BCUT2D eigenvalue weighted by Gasteiger charge is 2.24. The lowest BCUT2D eigenvalue weighted by Gasteiger charge is -2.12. The quantitative estimate of drug-likeness (QED) is 0.182. The van der Waals surface area contributed by atoms with Crippen molar-refractivity contribution >= 4 is 85.9 Å². The van der Waals surface area contributed by atoms with Crippen molar-refractivity contribution in [1.82, 2.24) is 24.1 Å². The molecule has 0 N–H and O–H groups in total. The van der Waals surface area contributed by atoms with Gasteiger partial charge in [0.2, 0.25) is 5.95 Å². The van der Waals surface area contributed by atoms with Gasteiger partial charge in [0.1, 0.15) is 0 Å². The molecular formula is C49H29N5S. The number of thiophene rings is 1. The van der Waals surface area contributed by atoms with Gasteiger partial charge < -0.3 is 4.57 Å². The van der Waals surface area contributed by atoms with Gasteiger partial charge in [0.25, 0.3) is 0 Å². The third kappa shape index (κ3) is 4.43. The van der Waals surface area contributed by atoms with E-state index in [9.17, 15) is 0 Å². The summed E-state index contributed by atoms with van der Waals surface area (Å²) in [5.74, 6) is 1.87. The molecule has 0 aliphatic heterocycles. The first-order valence-electron chi connectivity index (χ1n) is 18.5. The van der Waals surface area contributed by atoms with Crippen molar-refractivity contribution in [3.8, 4) is 34.4 Å². The molecule has 0 aliphatic carbocycles. The van der Waals surface area contributed by atoms with Crippen LogP contribution in [-0.4, -0.2) is 24.1 Å². The van der Waals surface area contributed by atoms with E-state index in [0.717, 1.165) is 27.5 Å². The Balaban J connectivity index is 1.26. The summed E-state index contributed by atoms with van der Waals surface area (Å²) >= 11 is 1.85. The molecule has 0 amide bonds. The first-order chi connectivity index (χ1) is 27.3. The second-order valence-corrected chi connectivity index (χ2v) is 15.1. The minimum Gasteiger partial charge on any atom is -0.309 e. The average molecular weight is 720 g/mol. The van der Waals surface area contributed by atoms with E-state index in [0.29, 0.717) is 17.6 Å². The number of aromatic nitrogens is 5. The predicted octanol–water partition coefficient (Wildman–Crippen LogP) is 12.9. The molecule has 8 aromatic carbocycles. The van der Waals surface area contributed by atoms with Gasteiger partial charge in [-0.05, 0) is 41.8 Å². The van der Waals surface area contributed by atoms with E-state index in [2.05, 4.69) is 149 Å². The summed E-state index contributed by atoms with van der Waals surface area (Å²) in [6.45, 7) is 0. The number of nitrogens with zero attached hydrogens (tertiary/aromatic N) is 5. The first kappa shape index (κ1) is 30.3. The Hall–Kier alpha value is -7.15. The normalized spacial score (nSPS) is 12.0. The molecule has 0 fully saturated rings. The highest BCUT2D eigenvalue weighted by Crippen LogP contribution is 2.48. The van der Waals surface area contributed by atoms with Gasteiger partial charge in [-0.1, -0.05) is 140 Å². The topological polar surface area (TPSA) is 48.5 Å². The van der Waals surface area contributed by atoms with Crippen molar-refractivity contribution in [1.29, 1.82) is 0 Å². The maximum Gasteiger partial charge on any atom is 0.238 e. The van der Waals surface area contributed by atoms with E-state index in [1.54, 1.807) is 0 Å². The Kier molecular flexibility index (Phi) is 6.44. The largest absolute Gasteiger partial charge is 0.309 e. The van der Waals surface area contributed by atoms with Crippen LogP contribution in [0.5, 0.6) is 0 Å². The van der Waals surface area contributed by atoms with Crippen molar-refractivity contribution in [3.05, 3.63) is 176 Å². The third-order valence-corrected chi connectivity index (χ3v) is 12.1. The smallest absolute Gasteiger partial charge is 0.238 e. The van der Waals surface area contributed by atoms with Crippen LogP contribution < -0.4 is 0 Å². The number of fused-ring (bicyclic) bond motifs is 12. The van der Waals surface area contributed by atoms with Gasteiger partial charge in [-0.25, -0.2) is 4.98 Å². The molecule has 0 radical (unpaired) electrons. The molecule has 55 heavy (non-hydrogen) atoms. The Labute approximate surface area is 319 Å². The lowest BCUT2D eigenvalue weighted by molar-refractivity contribution is 0.955. The molecule has 4 heterocycles. The van der Waals surface area contributed by atoms with Gasteiger partial charge in [-0.15, -0.1) is 11.3 Å². The van der Waals surface area contributed by atoms with E-state index >= 15 is 0 Å². The Morgan fingerprint density at radius 3 is 1.69 bits per heavy atom. The number of para-hydroxylation sites is 2. The summed E-state index contributed by atoms with van der Waals surface area (Å²) in [5.41, 5.74) is 7.58. The first-order valence-corrected chi connectivity index (χ1v) is 19.3. The lowest BCUT2D eigenvalue weighted by atomic mass is 10.0. The van der Waals surface area contributed by atoms with Crippen LogP contribution in [0.3, 0.4) is 0 Å². The second-order valence-electron chi connectivity index (χ2n) is 14.0. The van der Waals surface area contributed by atoms with E-state index in [-0.39, 0.29) is 0 Å². The minimum absolute atomic E-state index is 0.594. The Bertz CT molecular complexity index is 3420. The molecule has 12 rings (SSSR count). The SMILES string of the molecule is c1ccc(-c2nc(-c3ccccc3)nc(-n3c4ccccc4c4ccc5sc6ccc7c(c8ccccc8n7-c7cccc8ccccc78)c6c5c43)n2)cc1. The fourth-order valence-corrected chi connectivity index (χ4v) is 9.74. The fourth-order valence-electron chi connectivity index (χ4n) is 8.63. The van der Waals surface area contributed by atoms with Crippen molar-refractivity contribution in [2.75, 3.05) is 0 Å². The highest BCUT2D eigenvalue weighted by atomic mass is 32.1. The molecule has 12 aromatic rings. The van der Waals surface area contributed by atoms with Crippen LogP contribution >= 0.6 is 11.3 Å². The summed E-state index contributed by atoms with van der Waals surface area (Å²) in [4.78, 5) is 15.6. The molecule has 0 saturated carbocycles. The number of hydrogen-bond donors (Lipinski definition) is 0. The summed E-state index contributed by atoms with van der Waals surface area (Å²) in [6, 6.07) is 62.4. The van der Waals surface area contributed by atoms with Crippen molar-refractivity contribution in [2.24, 2.45) is 0 Å². The predicted molar refractivity (Wildman–Crippen MR) is 230 cm³/mol. The maximum atomic E-state index is 5.27. The summed E-state index contributed by atoms with van der Waals surface area (Å²) in [7, 11) is 0. The zero-order chi connectivity index (χ0) is 36.0. The fraction of sp³-hybridized carbons (Fsp3) is 0. The monoisotopic (exact) mass is 719 g/mol. The van der Waals surface area contributed by atoms with Crippen molar-refractivity contribution in [2.45, 2.75) is 0 Å². The summed E-state index contributed by atoms with van der Waals surface area (Å²) < 4.78 is 7.21. The molecular weight excluding hydrogens is 691 g/mol. The molecule has 5 nitrogen and oxygen atoms in total. The number of hydrogen-bond acceptors (Lipinski definition) is 4. The molecule has 0 atom stereocenters. The van der Waals surface area contributed by atoms with Crippen molar-refractivity contribution in [3.63, 3.8) is 0 Å². The van der Waals surface area contributed by atoms with Crippen LogP contribution in [0.1, 0.15) is 0 Å². The van der Waals surface area contributed by atoms with Crippen LogP contribution in [-0.2, 0) is 0 Å². The van der Waals surface area contributed by atoms with Gasteiger partial charge in [0, 0.05) is 58.2 Å². The molecule has 0 unspecified atom stereocenters. The van der Waals surface area contributed by atoms with Gasteiger partial charge in [-0.2, -0.15) is 9.97 Å². The van der Waals surface area contributed by atoms with Crippen LogP contribution in [0.4, 0.5) is 0 Å². The molecule has 0 spiro atoms. The number of rotatable bonds is 4. The third-order valence-electron chi connectivity index (χ3n) is 11.0. The maximum absolute atomic E-state index is 5.27. The van der Waals surface area contributed by atoms with Crippen molar-refractivity contribution < 1.29 is 0 Å². The molecule has 0 bridgehead atoms. The minimum atomic E-state index is 0.594. The van der Waals surface area contributed by atoms with E-state index < -0.39 is 0 Å². The zero-order valence-corrected chi connectivity index (χ0v) is 30.2. The molecule has 0 saturated heterocycles. The van der Waals surface area contributed by atoms with E-state index in [4.69, 9.17) is 15.0 Å². The molecule has 256 valence electrons. The van der Waals surface area contributed by atoms with Crippen LogP contribution in [0, 0.1) is 0 Å². The number of benzene rings is 8. The zero-order valence-electron chi connectivity index (χ0n) is 29.4. The second kappa shape index (κ2) is 11.7. The molecule has 6 heteroatoms. The lowest BCUT2D eigenvalue weighted by Crippen LogP contribution is -2.06. The van der Waals surface area contributed by atoms with Gasteiger partial charge in [0.05, 0.1) is 27.8 Å². The molecule has 4 aromatic heterocycles. The van der Waals surface area contributed by atoms with Crippen LogP contribution in [0.25, 0.3) is 109 Å². The summed E-state index contributed by atoms with van der Waals surface area (Å²) in [6.07, 6.45) is 0.